The van der Waals surface area contributed by atoms with Gasteiger partial charge in [-0.3, -0.25) is 0 Å². The lowest BCUT2D eigenvalue weighted by Crippen LogP contribution is -2.29. The third-order valence-corrected chi connectivity index (χ3v) is 6.50. The summed E-state index contributed by atoms with van der Waals surface area (Å²) < 4.78 is 27.0. The van der Waals surface area contributed by atoms with Crippen LogP contribution in [0.1, 0.15) is 26.7 Å². The van der Waals surface area contributed by atoms with Gasteiger partial charge in [-0.05, 0) is 51.0 Å². The number of nitrogen functional groups attached to an aromatic ring is 1. The van der Waals surface area contributed by atoms with E-state index in [0.29, 0.717) is 29.6 Å². The molecule has 3 rings (SSSR count). The zero-order valence-electron chi connectivity index (χ0n) is 14.8. The van der Waals surface area contributed by atoms with Gasteiger partial charge in [-0.25, -0.2) is 13.4 Å². The summed E-state index contributed by atoms with van der Waals surface area (Å²) in [5, 5.41) is 0.344. The van der Waals surface area contributed by atoms with E-state index in [1.54, 1.807) is 24.4 Å². The van der Waals surface area contributed by atoms with Crippen LogP contribution in [0.15, 0.2) is 35.4 Å². The molecule has 2 heterocycles. The maximum atomic E-state index is 12.7. The topological polar surface area (TPSA) is 92.4 Å². The highest BCUT2D eigenvalue weighted by Crippen LogP contribution is 2.35. The van der Waals surface area contributed by atoms with E-state index in [9.17, 15) is 8.42 Å². The van der Waals surface area contributed by atoms with Crippen LogP contribution in [0.25, 0.3) is 0 Å². The quantitative estimate of drug-likeness (QED) is 0.836. The molecule has 1 aromatic carbocycles. The van der Waals surface area contributed by atoms with E-state index in [-0.39, 0.29) is 16.9 Å². The Morgan fingerprint density at radius 3 is 2.50 bits per heavy atom. The first-order valence-corrected chi connectivity index (χ1v) is 10.3. The Bertz CT molecular complexity index is 898. The summed E-state index contributed by atoms with van der Waals surface area (Å²) in [6.07, 6.45) is 3.36. The van der Waals surface area contributed by atoms with Gasteiger partial charge in [-0.1, -0.05) is 11.6 Å². The van der Waals surface area contributed by atoms with Gasteiger partial charge >= 0.3 is 0 Å². The summed E-state index contributed by atoms with van der Waals surface area (Å²) in [7, 11) is -3.51. The maximum Gasteiger partial charge on any atom is 0.243 e. The molecule has 0 unspecified atom stereocenters. The molecule has 2 N–H and O–H groups in total. The predicted octanol–water partition coefficient (Wildman–Crippen LogP) is 3.04. The van der Waals surface area contributed by atoms with Crippen molar-refractivity contribution in [3.8, 4) is 0 Å². The molecule has 0 amide bonds. The van der Waals surface area contributed by atoms with Crippen molar-refractivity contribution in [1.29, 1.82) is 0 Å². The number of nitrogens with two attached hydrogens (primary N) is 1. The molecular formula is C17H22ClN5O2S. The van der Waals surface area contributed by atoms with Gasteiger partial charge in [0.1, 0.15) is 5.82 Å². The molecule has 0 spiro atoms. The average Bonchev–Trinajstić information content (AvgIpc) is 3.11. The van der Waals surface area contributed by atoms with Crippen LogP contribution in [-0.2, 0) is 10.0 Å². The van der Waals surface area contributed by atoms with Gasteiger partial charge < -0.3 is 10.6 Å². The Hall–Kier alpha value is -1.90. The van der Waals surface area contributed by atoms with Crippen LogP contribution in [0.2, 0.25) is 5.02 Å². The molecule has 0 atom stereocenters. The van der Waals surface area contributed by atoms with E-state index < -0.39 is 10.0 Å². The molecule has 9 heteroatoms. The minimum absolute atomic E-state index is 0.0304. The minimum Gasteiger partial charge on any atom is -0.368 e. The van der Waals surface area contributed by atoms with E-state index in [0.717, 1.165) is 12.8 Å². The summed E-state index contributed by atoms with van der Waals surface area (Å²) in [4.78, 5) is 10.3. The van der Waals surface area contributed by atoms with Crippen LogP contribution >= 0.6 is 11.6 Å². The Labute approximate surface area is 158 Å². The summed E-state index contributed by atoms with van der Waals surface area (Å²) >= 11 is 6.47. The molecule has 0 radical (unpaired) electrons. The number of rotatable bonds is 5. The van der Waals surface area contributed by atoms with Crippen LogP contribution < -0.4 is 10.6 Å². The van der Waals surface area contributed by atoms with Gasteiger partial charge in [0.05, 0.1) is 15.6 Å². The Kier molecular flexibility index (Phi) is 5.36. The number of benzene rings is 1. The molecule has 7 nitrogen and oxygen atoms in total. The minimum atomic E-state index is -3.51. The zero-order valence-corrected chi connectivity index (χ0v) is 16.3. The molecule has 2 aromatic rings. The second kappa shape index (κ2) is 7.38. The predicted molar refractivity (Wildman–Crippen MR) is 103 cm³/mol. The Balaban J connectivity index is 2.00. The smallest absolute Gasteiger partial charge is 0.243 e. The van der Waals surface area contributed by atoms with Gasteiger partial charge in [-0.15, -0.1) is 0 Å². The van der Waals surface area contributed by atoms with Gasteiger partial charge in [0.15, 0.2) is 0 Å². The van der Waals surface area contributed by atoms with Crippen molar-refractivity contribution in [2.24, 2.45) is 0 Å². The highest BCUT2D eigenvalue weighted by atomic mass is 35.5. The van der Waals surface area contributed by atoms with Crippen LogP contribution in [0.3, 0.4) is 0 Å². The lowest BCUT2D eigenvalue weighted by molar-refractivity contribution is 0.477. The molecular weight excluding hydrogens is 374 g/mol. The molecule has 26 heavy (non-hydrogen) atoms. The number of aromatic nitrogens is 2. The second-order valence-corrected chi connectivity index (χ2v) is 8.81. The van der Waals surface area contributed by atoms with Crippen molar-refractivity contribution in [1.82, 2.24) is 14.3 Å². The highest BCUT2D eigenvalue weighted by molar-refractivity contribution is 7.89. The fourth-order valence-corrected chi connectivity index (χ4v) is 4.97. The first-order valence-electron chi connectivity index (χ1n) is 8.48. The molecule has 1 aliphatic rings. The maximum absolute atomic E-state index is 12.7. The fraction of sp³-hybridized carbons (Fsp3) is 0.412. The zero-order chi connectivity index (χ0) is 18.9. The van der Waals surface area contributed by atoms with Crippen molar-refractivity contribution < 1.29 is 8.42 Å². The molecule has 1 aliphatic heterocycles. The number of hydrogen-bond acceptors (Lipinski definition) is 6. The number of sulfonamides is 1. The standard InChI is InChI=1S/C17H22ClN5O2S/c1-12(2)23(16-7-8-20-17(19)21-16)15-6-5-13(11-14(15)18)26(24,25)22-9-3-4-10-22/h5-8,11-12H,3-4,9-10H2,1-2H3,(H2,19,20,21). The summed E-state index contributed by atoms with van der Waals surface area (Å²) in [5.41, 5.74) is 6.36. The van der Waals surface area contributed by atoms with E-state index in [2.05, 4.69) is 9.97 Å². The SMILES string of the molecule is CC(C)N(c1ccnc(N)n1)c1ccc(S(=O)(=O)N2CCCC2)cc1Cl. The molecule has 1 saturated heterocycles. The number of hydrogen-bond donors (Lipinski definition) is 1. The molecule has 0 saturated carbocycles. The Morgan fingerprint density at radius 2 is 1.92 bits per heavy atom. The van der Waals surface area contributed by atoms with Crippen molar-refractivity contribution in [2.45, 2.75) is 37.6 Å². The van der Waals surface area contributed by atoms with E-state index >= 15 is 0 Å². The van der Waals surface area contributed by atoms with E-state index in [1.165, 1.54) is 10.4 Å². The summed E-state index contributed by atoms with van der Waals surface area (Å²) in [6, 6.07) is 6.58. The summed E-state index contributed by atoms with van der Waals surface area (Å²) in [5.74, 6) is 0.766. The molecule has 1 aromatic heterocycles. The van der Waals surface area contributed by atoms with Crippen molar-refractivity contribution in [2.75, 3.05) is 23.7 Å². The van der Waals surface area contributed by atoms with Crippen molar-refractivity contribution in [3.05, 3.63) is 35.5 Å². The largest absolute Gasteiger partial charge is 0.368 e. The van der Waals surface area contributed by atoms with Crippen LogP contribution in [0.5, 0.6) is 0 Å². The van der Waals surface area contributed by atoms with Gasteiger partial charge in [-0.2, -0.15) is 9.29 Å². The lowest BCUT2D eigenvalue weighted by Gasteiger charge is -2.29. The van der Waals surface area contributed by atoms with Crippen LogP contribution in [0.4, 0.5) is 17.5 Å². The number of nitrogens with zero attached hydrogens (tertiary/aromatic N) is 4. The first-order chi connectivity index (χ1) is 12.3. The van der Waals surface area contributed by atoms with Crippen LogP contribution in [-0.4, -0.2) is 41.8 Å². The molecule has 140 valence electrons. The number of halogens is 1. The van der Waals surface area contributed by atoms with E-state index in [1.807, 2.05) is 18.7 Å². The van der Waals surface area contributed by atoms with Gasteiger partial charge in [0, 0.05) is 25.3 Å². The van der Waals surface area contributed by atoms with Gasteiger partial charge in [0.25, 0.3) is 0 Å². The van der Waals surface area contributed by atoms with Crippen LogP contribution in [0, 0.1) is 0 Å². The lowest BCUT2D eigenvalue weighted by atomic mass is 10.2. The molecule has 1 fully saturated rings. The fourth-order valence-electron chi connectivity index (χ4n) is 3.09. The van der Waals surface area contributed by atoms with Crippen molar-refractivity contribution in [3.63, 3.8) is 0 Å². The molecule has 0 bridgehead atoms. The normalized spacial score (nSPS) is 15.5. The second-order valence-electron chi connectivity index (χ2n) is 6.46. The third-order valence-electron chi connectivity index (χ3n) is 4.30. The average molecular weight is 396 g/mol. The highest BCUT2D eigenvalue weighted by Gasteiger charge is 2.28. The first kappa shape index (κ1) is 18.9. The molecule has 0 aliphatic carbocycles. The van der Waals surface area contributed by atoms with E-state index in [4.69, 9.17) is 17.3 Å². The monoisotopic (exact) mass is 395 g/mol. The third kappa shape index (κ3) is 3.62. The van der Waals surface area contributed by atoms with Crippen molar-refractivity contribution >= 4 is 39.1 Å². The van der Waals surface area contributed by atoms with Gasteiger partial charge in [0.2, 0.25) is 16.0 Å². The Morgan fingerprint density at radius 1 is 1.23 bits per heavy atom. The summed E-state index contributed by atoms with van der Waals surface area (Å²) in [6.45, 7) is 5.09. The number of anilines is 3.